The molecule has 0 unspecified atom stereocenters. The van der Waals surface area contributed by atoms with E-state index in [2.05, 4.69) is 29.2 Å². The maximum Gasteiger partial charge on any atom is 0.153 e. The Bertz CT molecular complexity index is 548. The number of hydrogen-bond donors (Lipinski definition) is 1. The molecule has 0 fully saturated rings. The van der Waals surface area contributed by atoms with Gasteiger partial charge in [0.1, 0.15) is 0 Å². The van der Waals surface area contributed by atoms with Crippen LogP contribution in [0.3, 0.4) is 0 Å². The first kappa shape index (κ1) is 14.0. The van der Waals surface area contributed by atoms with E-state index in [9.17, 15) is 0 Å². The van der Waals surface area contributed by atoms with Crippen LogP contribution in [0.4, 0.5) is 0 Å². The number of nitrogens with zero attached hydrogens (tertiary/aromatic N) is 3. The topological polar surface area (TPSA) is 42.7 Å². The molecule has 19 heavy (non-hydrogen) atoms. The van der Waals surface area contributed by atoms with Gasteiger partial charge in [0, 0.05) is 18.9 Å². The summed E-state index contributed by atoms with van der Waals surface area (Å²) in [7, 11) is 0. The van der Waals surface area contributed by atoms with Crippen molar-refractivity contribution < 1.29 is 0 Å². The first-order chi connectivity index (χ1) is 9.06. The van der Waals surface area contributed by atoms with Gasteiger partial charge in [-0.05, 0) is 37.1 Å². The molecule has 0 spiro atoms. The largest absolute Gasteiger partial charge is 0.312 e. The zero-order chi connectivity index (χ0) is 13.8. The minimum absolute atomic E-state index is 0.619. The quantitative estimate of drug-likeness (QED) is 0.914. The van der Waals surface area contributed by atoms with Gasteiger partial charge in [-0.3, -0.25) is 0 Å². The van der Waals surface area contributed by atoms with Crippen LogP contribution in [0.5, 0.6) is 0 Å². The summed E-state index contributed by atoms with van der Waals surface area (Å²) in [4.78, 5) is 4.31. The molecule has 2 aromatic rings. The Morgan fingerprint density at radius 1 is 1.42 bits per heavy atom. The maximum atomic E-state index is 6.17. The molecule has 0 bridgehead atoms. The molecular formula is C14H19ClN4. The predicted molar refractivity (Wildman–Crippen MR) is 77.7 cm³/mol. The molecular weight excluding hydrogens is 260 g/mol. The summed E-state index contributed by atoms with van der Waals surface area (Å²) < 4.78 is 1.76. The fraction of sp³-hybridized carbons (Fsp3) is 0.429. The van der Waals surface area contributed by atoms with Gasteiger partial charge in [-0.15, -0.1) is 0 Å². The smallest absolute Gasteiger partial charge is 0.153 e. The summed E-state index contributed by atoms with van der Waals surface area (Å²) in [6.07, 6.45) is 3.58. The summed E-state index contributed by atoms with van der Waals surface area (Å²) in [5, 5.41) is 8.42. The van der Waals surface area contributed by atoms with Crippen LogP contribution in [-0.2, 0) is 6.54 Å². The molecule has 0 aliphatic rings. The van der Waals surface area contributed by atoms with Crippen molar-refractivity contribution in [3.8, 4) is 5.82 Å². The number of aromatic nitrogens is 3. The van der Waals surface area contributed by atoms with E-state index in [1.54, 1.807) is 10.9 Å². The highest BCUT2D eigenvalue weighted by atomic mass is 35.5. The van der Waals surface area contributed by atoms with Gasteiger partial charge in [-0.2, -0.15) is 5.10 Å². The molecule has 102 valence electrons. The highest BCUT2D eigenvalue weighted by Gasteiger charge is 2.06. The van der Waals surface area contributed by atoms with Gasteiger partial charge in [0.25, 0.3) is 0 Å². The van der Waals surface area contributed by atoms with Gasteiger partial charge >= 0.3 is 0 Å². The van der Waals surface area contributed by atoms with E-state index in [0.29, 0.717) is 10.9 Å². The van der Waals surface area contributed by atoms with E-state index in [1.165, 1.54) is 0 Å². The third-order valence-electron chi connectivity index (χ3n) is 2.75. The second-order valence-corrected chi connectivity index (χ2v) is 5.47. The summed E-state index contributed by atoms with van der Waals surface area (Å²) >= 11 is 6.17. The van der Waals surface area contributed by atoms with Crippen molar-refractivity contribution in [2.45, 2.75) is 27.3 Å². The molecule has 0 saturated heterocycles. The number of aryl methyl sites for hydroxylation is 1. The molecule has 0 atom stereocenters. The van der Waals surface area contributed by atoms with Crippen LogP contribution in [0, 0.1) is 12.8 Å². The highest BCUT2D eigenvalue weighted by Crippen LogP contribution is 2.17. The molecule has 0 aliphatic carbocycles. The van der Waals surface area contributed by atoms with Gasteiger partial charge in [-0.25, -0.2) is 9.67 Å². The first-order valence-corrected chi connectivity index (χ1v) is 6.82. The molecule has 0 saturated carbocycles. The summed E-state index contributed by atoms with van der Waals surface area (Å²) in [6.45, 7) is 8.03. The van der Waals surface area contributed by atoms with Crippen molar-refractivity contribution in [1.82, 2.24) is 20.1 Å². The van der Waals surface area contributed by atoms with Crippen LogP contribution < -0.4 is 5.32 Å². The zero-order valence-corrected chi connectivity index (χ0v) is 12.3. The van der Waals surface area contributed by atoms with E-state index in [4.69, 9.17) is 11.6 Å². The van der Waals surface area contributed by atoms with Crippen LogP contribution in [-0.4, -0.2) is 21.3 Å². The minimum Gasteiger partial charge on any atom is -0.312 e. The van der Waals surface area contributed by atoms with Gasteiger partial charge in [0.2, 0.25) is 0 Å². The number of rotatable bonds is 5. The van der Waals surface area contributed by atoms with Crippen molar-refractivity contribution in [1.29, 1.82) is 0 Å². The third kappa shape index (κ3) is 3.78. The van der Waals surface area contributed by atoms with Crippen molar-refractivity contribution >= 4 is 11.6 Å². The highest BCUT2D eigenvalue weighted by molar-refractivity contribution is 6.31. The molecule has 5 heteroatoms. The Labute approximate surface area is 118 Å². The fourth-order valence-electron chi connectivity index (χ4n) is 1.77. The Kier molecular flexibility index (Phi) is 4.56. The lowest BCUT2D eigenvalue weighted by molar-refractivity contribution is 0.552. The van der Waals surface area contributed by atoms with E-state index in [-0.39, 0.29) is 0 Å². The number of halogens is 1. The lowest BCUT2D eigenvalue weighted by Crippen LogP contribution is -2.19. The molecule has 2 rings (SSSR count). The van der Waals surface area contributed by atoms with Crippen LogP contribution in [0.25, 0.3) is 5.82 Å². The van der Waals surface area contributed by atoms with E-state index in [1.807, 2.05) is 25.3 Å². The monoisotopic (exact) mass is 278 g/mol. The average molecular weight is 279 g/mol. The summed E-state index contributed by atoms with van der Waals surface area (Å²) in [5.74, 6) is 1.41. The third-order valence-corrected chi connectivity index (χ3v) is 3.09. The van der Waals surface area contributed by atoms with Crippen LogP contribution >= 0.6 is 11.6 Å². The Morgan fingerprint density at radius 2 is 2.21 bits per heavy atom. The number of nitrogens with one attached hydrogen (secondary N) is 1. The Morgan fingerprint density at radius 3 is 2.84 bits per heavy atom. The fourth-order valence-corrected chi connectivity index (χ4v) is 1.94. The molecule has 2 aromatic heterocycles. The molecule has 1 N–H and O–H groups in total. The molecule has 0 aromatic carbocycles. The van der Waals surface area contributed by atoms with Crippen molar-refractivity contribution in [3.63, 3.8) is 0 Å². The average Bonchev–Trinajstić information content (AvgIpc) is 2.78. The lowest BCUT2D eigenvalue weighted by Gasteiger charge is -2.10. The van der Waals surface area contributed by atoms with E-state index in [0.717, 1.165) is 30.2 Å². The lowest BCUT2D eigenvalue weighted by atomic mass is 10.2. The molecule has 0 aliphatic heterocycles. The second-order valence-electron chi connectivity index (χ2n) is 5.06. The van der Waals surface area contributed by atoms with Gasteiger partial charge in [0.15, 0.2) is 5.82 Å². The van der Waals surface area contributed by atoms with E-state index < -0.39 is 0 Å². The SMILES string of the molecule is Cc1ccn(-c2cc(CNCC(C)C)c(Cl)cn2)n1. The van der Waals surface area contributed by atoms with Crippen LogP contribution in [0.2, 0.25) is 5.02 Å². The predicted octanol–water partition coefficient (Wildman–Crippen LogP) is 2.97. The summed E-state index contributed by atoms with van der Waals surface area (Å²) in [5.41, 5.74) is 2.01. The maximum absolute atomic E-state index is 6.17. The molecule has 0 amide bonds. The van der Waals surface area contributed by atoms with Gasteiger partial charge < -0.3 is 5.32 Å². The molecule has 0 radical (unpaired) electrons. The number of hydrogen-bond acceptors (Lipinski definition) is 3. The molecule has 2 heterocycles. The molecule has 4 nitrogen and oxygen atoms in total. The Hall–Kier alpha value is -1.39. The second kappa shape index (κ2) is 6.17. The van der Waals surface area contributed by atoms with E-state index >= 15 is 0 Å². The van der Waals surface area contributed by atoms with Gasteiger partial charge in [-0.1, -0.05) is 25.4 Å². The van der Waals surface area contributed by atoms with Crippen LogP contribution in [0.15, 0.2) is 24.5 Å². The van der Waals surface area contributed by atoms with Crippen molar-refractivity contribution in [2.24, 2.45) is 5.92 Å². The zero-order valence-electron chi connectivity index (χ0n) is 11.5. The van der Waals surface area contributed by atoms with Crippen molar-refractivity contribution in [2.75, 3.05) is 6.54 Å². The van der Waals surface area contributed by atoms with Crippen molar-refractivity contribution in [3.05, 3.63) is 40.8 Å². The van der Waals surface area contributed by atoms with Gasteiger partial charge in [0.05, 0.1) is 10.7 Å². The normalized spacial score (nSPS) is 11.2. The number of pyridine rings is 1. The Balaban J connectivity index is 2.15. The minimum atomic E-state index is 0.619. The standard InChI is InChI=1S/C14H19ClN4/c1-10(2)7-16-8-12-6-14(17-9-13(12)15)19-5-4-11(3)18-19/h4-6,9-10,16H,7-8H2,1-3H3. The first-order valence-electron chi connectivity index (χ1n) is 6.44. The van der Waals surface area contributed by atoms with Crippen LogP contribution in [0.1, 0.15) is 25.1 Å². The summed E-state index contributed by atoms with van der Waals surface area (Å²) in [6, 6.07) is 3.93.